The number of nitrogens with one attached hydrogen (secondary N) is 1. The molecule has 1 aromatic heterocycles. The van der Waals surface area contributed by atoms with Gasteiger partial charge in [0.15, 0.2) is 5.13 Å². The molecule has 1 fully saturated rings. The zero-order valence-corrected chi connectivity index (χ0v) is 12.6. The summed E-state index contributed by atoms with van der Waals surface area (Å²) in [6.45, 7) is 11.2. The maximum atomic E-state index is 4.60. The summed E-state index contributed by atoms with van der Waals surface area (Å²) in [5.74, 6) is 1.52. The van der Waals surface area contributed by atoms with Crippen LogP contribution in [0.15, 0.2) is 5.38 Å². The highest BCUT2D eigenvalue weighted by Crippen LogP contribution is 2.25. The second-order valence-corrected chi connectivity index (χ2v) is 6.61. The number of aromatic nitrogens is 1. The molecule has 1 saturated heterocycles. The summed E-state index contributed by atoms with van der Waals surface area (Å²) in [4.78, 5) is 7.06. The van der Waals surface area contributed by atoms with E-state index in [9.17, 15) is 0 Å². The monoisotopic (exact) mass is 267 g/mol. The largest absolute Gasteiger partial charge is 0.348 e. The summed E-state index contributed by atoms with van der Waals surface area (Å²) in [5, 5.41) is 6.95. The van der Waals surface area contributed by atoms with Crippen LogP contribution in [0.4, 0.5) is 5.13 Å². The molecule has 18 heavy (non-hydrogen) atoms. The van der Waals surface area contributed by atoms with E-state index in [0.29, 0.717) is 0 Å². The van der Waals surface area contributed by atoms with Crippen molar-refractivity contribution in [2.24, 2.45) is 11.8 Å². The zero-order chi connectivity index (χ0) is 13.0. The van der Waals surface area contributed by atoms with Gasteiger partial charge in [-0.2, -0.15) is 0 Å². The smallest absolute Gasteiger partial charge is 0.185 e. The molecule has 1 unspecified atom stereocenters. The van der Waals surface area contributed by atoms with E-state index in [-0.39, 0.29) is 0 Å². The second kappa shape index (κ2) is 6.53. The molecule has 2 heterocycles. The third-order valence-electron chi connectivity index (χ3n) is 3.38. The van der Waals surface area contributed by atoms with Gasteiger partial charge in [0.1, 0.15) is 0 Å². The summed E-state index contributed by atoms with van der Waals surface area (Å²) < 4.78 is 0. The van der Waals surface area contributed by atoms with Crippen LogP contribution in [0.3, 0.4) is 0 Å². The predicted octanol–water partition coefficient (Wildman–Crippen LogP) is 2.91. The van der Waals surface area contributed by atoms with Gasteiger partial charge in [-0.15, -0.1) is 11.3 Å². The zero-order valence-electron chi connectivity index (χ0n) is 11.8. The Labute approximate surface area is 115 Å². The first-order valence-electron chi connectivity index (χ1n) is 7.03. The van der Waals surface area contributed by atoms with Crippen LogP contribution in [-0.2, 0) is 0 Å². The summed E-state index contributed by atoms with van der Waals surface area (Å²) >= 11 is 1.78. The van der Waals surface area contributed by atoms with Gasteiger partial charge in [0.2, 0.25) is 0 Å². The lowest BCUT2D eigenvalue weighted by Gasteiger charge is -2.32. The van der Waals surface area contributed by atoms with Gasteiger partial charge in [-0.05, 0) is 44.7 Å². The van der Waals surface area contributed by atoms with Crippen LogP contribution >= 0.6 is 11.3 Å². The summed E-state index contributed by atoms with van der Waals surface area (Å²) in [6.07, 6.45) is 2.65. The van der Waals surface area contributed by atoms with Crippen molar-refractivity contribution in [3.63, 3.8) is 0 Å². The summed E-state index contributed by atoms with van der Waals surface area (Å²) in [7, 11) is 0. The summed E-state index contributed by atoms with van der Waals surface area (Å²) in [6, 6.07) is 0. The second-order valence-electron chi connectivity index (χ2n) is 5.78. The number of hydrogen-bond donors (Lipinski definition) is 1. The fraction of sp³-hybridized carbons (Fsp3) is 0.786. The molecule has 0 saturated carbocycles. The number of aryl methyl sites for hydroxylation is 1. The number of thiazole rings is 1. The van der Waals surface area contributed by atoms with Crippen LogP contribution in [-0.4, -0.2) is 31.2 Å². The molecule has 0 aliphatic carbocycles. The van der Waals surface area contributed by atoms with Gasteiger partial charge in [0.25, 0.3) is 0 Å². The molecule has 1 aliphatic heterocycles. The molecular formula is C14H25N3S. The quantitative estimate of drug-likeness (QED) is 0.889. The molecular weight excluding hydrogens is 242 g/mol. The molecule has 102 valence electrons. The van der Waals surface area contributed by atoms with Gasteiger partial charge in [-0.3, -0.25) is 0 Å². The van der Waals surface area contributed by atoms with E-state index in [2.05, 4.69) is 41.4 Å². The van der Waals surface area contributed by atoms with Crippen LogP contribution in [0.1, 0.15) is 32.4 Å². The van der Waals surface area contributed by atoms with Crippen molar-refractivity contribution in [3.05, 3.63) is 11.1 Å². The van der Waals surface area contributed by atoms with Crippen LogP contribution in [0.25, 0.3) is 0 Å². The third kappa shape index (κ3) is 3.95. The van der Waals surface area contributed by atoms with Gasteiger partial charge < -0.3 is 10.2 Å². The molecule has 2 rings (SSSR count). The van der Waals surface area contributed by atoms with Crippen molar-refractivity contribution in [3.8, 4) is 0 Å². The topological polar surface area (TPSA) is 28.2 Å². The van der Waals surface area contributed by atoms with E-state index >= 15 is 0 Å². The SMILES string of the molecule is Cc1csc(N2CCCC(CNCC(C)C)C2)n1. The van der Waals surface area contributed by atoms with E-state index in [4.69, 9.17) is 0 Å². The number of anilines is 1. The third-order valence-corrected chi connectivity index (χ3v) is 4.40. The first-order valence-corrected chi connectivity index (χ1v) is 7.91. The average molecular weight is 267 g/mol. The van der Waals surface area contributed by atoms with Crippen LogP contribution in [0, 0.1) is 18.8 Å². The highest BCUT2D eigenvalue weighted by atomic mass is 32.1. The first-order chi connectivity index (χ1) is 8.65. The highest BCUT2D eigenvalue weighted by Gasteiger charge is 2.21. The van der Waals surface area contributed by atoms with E-state index in [1.807, 2.05) is 0 Å². The Morgan fingerprint density at radius 1 is 1.56 bits per heavy atom. The van der Waals surface area contributed by atoms with E-state index in [0.717, 1.165) is 37.2 Å². The minimum atomic E-state index is 0.742. The number of rotatable bonds is 5. The van der Waals surface area contributed by atoms with Gasteiger partial charge >= 0.3 is 0 Å². The Hall–Kier alpha value is -0.610. The normalized spacial score (nSPS) is 20.7. The van der Waals surface area contributed by atoms with Crippen molar-refractivity contribution in [2.75, 3.05) is 31.1 Å². The van der Waals surface area contributed by atoms with Gasteiger partial charge in [-0.1, -0.05) is 13.8 Å². The summed E-state index contributed by atoms with van der Waals surface area (Å²) in [5.41, 5.74) is 1.15. The highest BCUT2D eigenvalue weighted by molar-refractivity contribution is 7.13. The van der Waals surface area contributed by atoms with E-state index in [1.165, 1.54) is 24.5 Å². The van der Waals surface area contributed by atoms with E-state index in [1.54, 1.807) is 11.3 Å². The van der Waals surface area contributed by atoms with Crippen LogP contribution < -0.4 is 10.2 Å². The van der Waals surface area contributed by atoms with Gasteiger partial charge in [-0.25, -0.2) is 4.98 Å². The maximum absolute atomic E-state index is 4.60. The number of hydrogen-bond acceptors (Lipinski definition) is 4. The maximum Gasteiger partial charge on any atom is 0.185 e. The van der Waals surface area contributed by atoms with Crippen LogP contribution in [0.5, 0.6) is 0 Å². The fourth-order valence-electron chi connectivity index (χ4n) is 2.47. The lowest BCUT2D eigenvalue weighted by molar-refractivity contribution is 0.382. The van der Waals surface area contributed by atoms with E-state index < -0.39 is 0 Å². The van der Waals surface area contributed by atoms with Crippen molar-refractivity contribution >= 4 is 16.5 Å². The minimum absolute atomic E-state index is 0.742. The lowest BCUT2D eigenvalue weighted by Crippen LogP contribution is -2.40. The van der Waals surface area contributed by atoms with Crippen molar-refractivity contribution in [1.29, 1.82) is 0 Å². The molecule has 0 aromatic carbocycles. The predicted molar refractivity (Wildman–Crippen MR) is 79.5 cm³/mol. The van der Waals surface area contributed by atoms with Crippen LogP contribution in [0.2, 0.25) is 0 Å². The molecule has 1 aliphatic rings. The lowest BCUT2D eigenvalue weighted by atomic mass is 9.98. The Balaban J connectivity index is 1.81. The Morgan fingerprint density at radius 3 is 3.06 bits per heavy atom. The molecule has 0 spiro atoms. The Kier molecular flexibility index (Phi) is 5.01. The molecule has 0 amide bonds. The van der Waals surface area contributed by atoms with Crippen molar-refractivity contribution in [2.45, 2.75) is 33.6 Å². The average Bonchev–Trinajstić information content (AvgIpc) is 2.76. The molecule has 1 atom stereocenters. The standard InChI is InChI=1S/C14H25N3S/c1-11(2)7-15-8-13-5-4-6-17(9-13)14-16-12(3)10-18-14/h10-11,13,15H,4-9H2,1-3H3. The fourth-order valence-corrected chi connectivity index (χ4v) is 3.31. The molecule has 1 N–H and O–H groups in total. The minimum Gasteiger partial charge on any atom is -0.348 e. The number of nitrogens with zero attached hydrogens (tertiary/aromatic N) is 2. The molecule has 0 bridgehead atoms. The van der Waals surface area contributed by atoms with Crippen molar-refractivity contribution < 1.29 is 0 Å². The van der Waals surface area contributed by atoms with Crippen molar-refractivity contribution in [1.82, 2.24) is 10.3 Å². The molecule has 4 heteroatoms. The Bertz CT molecular complexity index is 362. The Morgan fingerprint density at radius 2 is 2.39 bits per heavy atom. The number of piperidine rings is 1. The molecule has 1 aromatic rings. The van der Waals surface area contributed by atoms with Gasteiger partial charge in [0.05, 0.1) is 5.69 Å². The van der Waals surface area contributed by atoms with Gasteiger partial charge in [0, 0.05) is 18.5 Å². The first kappa shape index (κ1) is 13.8. The molecule has 3 nitrogen and oxygen atoms in total. The molecule has 0 radical (unpaired) electrons.